The summed E-state index contributed by atoms with van der Waals surface area (Å²) < 4.78 is 5.68. The van der Waals surface area contributed by atoms with Gasteiger partial charge in [0.25, 0.3) is 5.91 Å². The quantitative estimate of drug-likeness (QED) is 0.453. The minimum absolute atomic E-state index is 0.0416. The summed E-state index contributed by atoms with van der Waals surface area (Å²) >= 11 is 6.15. The number of aromatic hydroxyl groups is 1. The normalized spacial score (nSPS) is 10.6. The standard InChI is InChI=1S/C22H22ClN3O4/c23-18-8-2-1-7-17(18)19-14-26-21(30-19)10-9-20(28)24-11-4-12-25-22(29)15-5-3-6-16(27)13-15/h1-3,5-8,13-14,27H,4,9-12H2,(H,24,28)(H,25,29). The van der Waals surface area contributed by atoms with Crippen LogP contribution in [-0.2, 0) is 11.2 Å². The van der Waals surface area contributed by atoms with Gasteiger partial charge < -0.3 is 20.2 Å². The zero-order valence-electron chi connectivity index (χ0n) is 16.2. The predicted molar refractivity (Wildman–Crippen MR) is 113 cm³/mol. The Hall–Kier alpha value is -3.32. The average Bonchev–Trinajstić information content (AvgIpc) is 3.21. The third-order valence-corrected chi connectivity index (χ3v) is 4.66. The molecule has 0 saturated carbocycles. The lowest BCUT2D eigenvalue weighted by atomic mass is 10.2. The second-order valence-electron chi connectivity index (χ2n) is 6.61. The molecule has 0 aliphatic heterocycles. The van der Waals surface area contributed by atoms with Gasteiger partial charge in [-0.15, -0.1) is 0 Å². The fraction of sp³-hybridized carbons (Fsp3) is 0.227. The number of phenolic OH excluding ortho intramolecular Hbond substituents is 1. The van der Waals surface area contributed by atoms with E-state index in [4.69, 9.17) is 16.0 Å². The van der Waals surface area contributed by atoms with Crippen LogP contribution in [0.5, 0.6) is 5.75 Å². The van der Waals surface area contributed by atoms with Crippen LogP contribution in [0.3, 0.4) is 0 Å². The van der Waals surface area contributed by atoms with E-state index in [1.165, 1.54) is 12.1 Å². The van der Waals surface area contributed by atoms with Gasteiger partial charge in [0.05, 0.1) is 11.2 Å². The molecule has 0 fully saturated rings. The molecule has 7 nitrogen and oxygen atoms in total. The van der Waals surface area contributed by atoms with Crippen molar-refractivity contribution in [2.45, 2.75) is 19.3 Å². The molecule has 0 saturated heterocycles. The van der Waals surface area contributed by atoms with Crippen LogP contribution in [0.2, 0.25) is 5.02 Å². The number of phenols is 1. The molecule has 0 radical (unpaired) electrons. The first kappa shape index (κ1) is 21.4. The van der Waals surface area contributed by atoms with E-state index in [2.05, 4.69) is 15.6 Å². The minimum Gasteiger partial charge on any atom is -0.508 e. The number of carbonyl (C=O) groups is 2. The van der Waals surface area contributed by atoms with Crippen LogP contribution in [0.15, 0.2) is 59.1 Å². The van der Waals surface area contributed by atoms with E-state index in [0.717, 1.165) is 5.56 Å². The van der Waals surface area contributed by atoms with E-state index >= 15 is 0 Å². The van der Waals surface area contributed by atoms with Crippen molar-refractivity contribution < 1.29 is 19.1 Å². The lowest BCUT2D eigenvalue weighted by Gasteiger charge is -2.07. The molecule has 3 aromatic rings. The third-order valence-electron chi connectivity index (χ3n) is 4.33. The number of aromatic nitrogens is 1. The summed E-state index contributed by atoms with van der Waals surface area (Å²) in [5, 5.41) is 15.5. The van der Waals surface area contributed by atoms with Crippen molar-refractivity contribution in [3.8, 4) is 17.1 Å². The van der Waals surface area contributed by atoms with Crippen LogP contribution < -0.4 is 10.6 Å². The number of benzene rings is 2. The Morgan fingerprint density at radius 1 is 1.07 bits per heavy atom. The predicted octanol–water partition coefficient (Wildman–Crippen LogP) is 3.57. The number of aryl methyl sites for hydroxylation is 1. The van der Waals surface area contributed by atoms with Crippen LogP contribution in [-0.4, -0.2) is 35.0 Å². The number of hydrogen-bond acceptors (Lipinski definition) is 5. The highest BCUT2D eigenvalue weighted by Crippen LogP contribution is 2.28. The van der Waals surface area contributed by atoms with Crippen LogP contribution >= 0.6 is 11.6 Å². The van der Waals surface area contributed by atoms with Crippen molar-refractivity contribution in [2.75, 3.05) is 13.1 Å². The van der Waals surface area contributed by atoms with Crippen LogP contribution in [0.25, 0.3) is 11.3 Å². The molecule has 1 heterocycles. The molecule has 0 bridgehead atoms. The number of amides is 2. The lowest BCUT2D eigenvalue weighted by molar-refractivity contribution is -0.121. The zero-order chi connectivity index (χ0) is 21.3. The molecule has 30 heavy (non-hydrogen) atoms. The molecule has 0 unspecified atom stereocenters. The van der Waals surface area contributed by atoms with Crippen LogP contribution in [0.4, 0.5) is 0 Å². The lowest BCUT2D eigenvalue weighted by Crippen LogP contribution is -2.30. The summed E-state index contributed by atoms with van der Waals surface area (Å²) in [5.74, 6) is 0.694. The van der Waals surface area contributed by atoms with Gasteiger partial charge in [0.1, 0.15) is 5.75 Å². The summed E-state index contributed by atoms with van der Waals surface area (Å²) in [6.45, 7) is 0.852. The first-order valence-electron chi connectivity index (χ1n) is 9.56. The molecule has 156 valence electrons. The van der Waals surface area contributed by atoms with Gasteiger partial charge in [-0.3, -0.25) is 9.59 Å². The fourth-order valence-electron chi connectivity index (χ4n) is 2.79. The van der Waals surface area contributed by atoms with E-state index in [1.54, 1.807) is 24.4 Å². The molecule has 0 spiro atoms. The van der Waals surface area contributed by atoms with E-state index < -0.39 is 0 Å². The smallest absolute Gasteiger partial charge is 0.251 e. The van der Waals surface area contributed by atoms with Crippen LogP contribution in [0.1, 0.15) is 29.1 Å². The molecule has 2 amide bonds. The Labute approximate surface area is 179 Å². The number of rotatable bonds is 9. The van der Waals surface area contributed by atoms with Gasteiger partial charge in [0.15, 0.2) is 11.7 Å². The van der Waals surface area contributed by atoms with Gasteiger partial charge in [-0.2, -0.15) is 0 Å². The maximum absolute atomic E-state index is 12.0. The topological polar surface area (TPSA) is 104 Å². The first-order chi connectivity index (χ1) is 14.5. The van der Waals surface area contributed by atoms with E-state index in [9.17, 15) is 14.7 Å². The van der Waals surface area contributed by atoms with Crippen molar-refractivity contribution >= 4 is 23.4 Å². The summed E-state index contributed by atoms with van der Waals surface area (Å²) in [6, 6.07) is 13.5. The van der Waals surface area contributed by atoms with Gasteiger partial charge in [0, 0.05) is 37.1 Å². The van der Waals surface area contributed by atoms with E-state index in [1.807, 2.05) is 18.2 Å². The SMILES string of the molecule is O=C(CCc1ncc(-c2ccccc2Cl)o1)NCCCNC(=O)c1cccc(O)c1. The minimum atomic E-state index is -0.268. The number of hydrogen-bond donors (Lipinski definition) is 3. The zero-order valence-corrected chi connectivity index (χ0v) is 17.0. The second kappa shape index (κ2) is 10.5. The fourth-order valence-corrected chi connectivity index (χ4v) is 3.02. The molecule has 0 atom stereocenters. The van der Waals surface area contributed by atoms with Crippen LogP contribution in [0, 0.1) is 0 Å². The number of halogens is 1. The Kier molecular flexibility index (Phi) is 7.45. The van der Waals surface area contributed by atoms with Gasteiger partial charge in [-0.25, -0.2) is 4.98 Å². The van der Waals surface area contributed by atoms with Crippen molar-refractivity contribution in [1.29, 1.82) is 0 Å². The summed E-state index contributed by atoms with van der Waals surface area (Å²) in [5.41, 5.74) is 1.15. The number of nitrogens with zero attached hydrogens (tertiary/aromatic N) is 1. The monoisotopic (exact) mass is 427 g/mol. The average molecular weight is 428 g/mol. The van der Waals surface area contributed by atoms with Gasteiger partial charge in [-0.1, -0.05) is 29.8 Å². The molecule has 8 heteroatoms. The van der Waals surface area contributed by atoms with E-state index in [0.29, 0.717) is 48.2 Å². The van der Waals surface area contributed by atoms with Gasteiger partial charge in [0.2, 0.25) is 5.91 Å². The number of oxazole rings is 1. The highest BCUT2D eigenvalue weighted by molar-refractivity contribution is 6.33. The Balaban J connectivity index is 1.34. The second-order valence-corrected chi connectivity index (χ2v) is 7.02. The Morgan fingerprint density at radius 3 is 2.67 bits per heavy atom. The molecule has 0 aliphatic carbocycles. The molecule has 3 rings (SSSR count). The molecular weight excluding hydrogens is 406 g/mol. The molecule has 2 aromatic carbocycles. The van der Waals surface area contributed by atoms with E-state index in [-0.39, 0.29) is 24.0 Å². The molecule has 1 aromatic heterocycles. The third kappa shape index (κ3) is 6.09. The maximum atomic E-state index is 12.0. The van der Waals surface area contributed by atoms with Crippen molar-refractivity contribution in [3.63, 3.8) is 0 Å². The van der Waals surface area contributed by atoms with Crippen molar-refractivity contribution in [3.05, 3.63) is 71.2 Å². The van der Waals surface area contributed by atoms with Crippen molar-refractivity contribution in [1.82, 2.24) is 15.6 Å². The summed E-state index contributed by atoms with van der Waals surface area (Å²) in [6.07, 6.45) is 2.82. The Morgan fingerprint density at radius 2 is 1.87 bits per heavy atom. The van der Waals surface area contributed by atoms with Gasteiger partial charge >= 0.3 is 0 Å². The molecular formula is C22H22ClN3O4. The molecule has 3 N–H and O–H groups in total. The highest BCUT2D eigenvalue weighted by atomic mass is 35.5. The molecule has 0 aliphatic rings. The largest absolute Gasteiger partial charge is 0.508 e. The van der Waals surface area contributed by atoms with Crippen molar-refractivity contribution in [2.24, 2.45) is 0 Å². The number of carbonyl (C=O) groups excluding carboxylic acids is 2. The maximum Gasteiger partial charge on any atom is 0.251 e. The summed E-state index contributed by atoms with van der Waals surface area (Å²) in [4.78, 5) is 28.1. The number of nitrogens with one attached hydrogen (secondary N) is 2. The van der Waals surface area contributed by atoms with Gasteiger partial charge in [-0.05, 0) is 36.8 Å². The highest BCUT2D eigenvalue weighted by Gasteiger charge is 2.11. The first-order valence-corrected chi connectivity index (χ1v) is 9.94. The Bertz CT molecular complexity index is 1020. The summed E-state index contributed by atoms with van der Waals surface area (Å²) in [7, 11) is 0.